The van der Waals surface area contributed by atoms with E-state index in [2.05, 4.69) is 19.1 Å². The summed E-state index contributed by atoms with van der Waals surface area (Å²) in [5.41, 5.74) is 4.23. The van der Waals surface area contributed by atoms with Gasteiger partial charge in [0.1, 0.15) is 16.7 Å². The maximum absolute atomic E-state index is 13.0. The van der Waals surface area contributed by atoms with Crippen LogP contribution in [0.15, 0.2) is 83.8 Å². The molecule has 150 valence electrons. The summed E-state index contributed by atoms with van der Waals surface area (Å²) in [5, 5.41) is 0. The smallest absolute Gasteiger partial charge is 0.266 e. The fraction of sp³-hybridized carbons (Fsp3) is 0.120. The number of benzene rings is 3. The number of carbonyl (C=O) groups excluding carboxylic acids is 1. The van der Waals surface area contributed by atoms with Gasteiger partial charge >= 0.3 is 0 Å². The largest absolute Gasteiger partial charge is 0.488 e. The number of amides is 1. The Bertz CT molecular complexity index is 1110. The number of thioether (sulfide) groups is 1. The highest BCUT2D eigenvalue weighted by molar-refractivity contribution is 8.26. The standard InChI is InChI=1S/C25H21NO2S2/c1-18-8-7-11-20(14-18)17-28-22-13-6-5-12-21(22)15-23-24(27)26(25(29)30-23)16-19-9-3-2-4-10-19/h2-15H,16-17H2,1H3/b23-15-. The molecule has 1 aliphatic heterocycles. The maximum atomic E-state index is 13.0. The molecule has 0 unspecified atom stereocenters. The first-order valence-corrected chi connectivity index (χ1v) is 10.9. The summed E-state index contributed by atoms with van der Waals surface area (Å²) < 4.78 is 6.64. The molecule has 3 aromatic carbocycles. The summed E-state index contributed by atoms with van der Waals surface area (Å²) in [6.07, 6.45) is 1.87. The first-order valence-electron chi connectivity index (χ1n) is 9.67. The van der Waals surface area contributed by atoms with Crippen molar-refractivity contribution in [3.63, 3.8) is 0 Å². The third-order valence-electron chi connectivity index (χ3n) is 4.74. The number of rotatable bonds is 6. The Morgan fingerprint density at radius 1 is 0.967 bits per heavy atom. The van der Waals surface area contributed by atoms with Crippen molar-refractivity contribution in [3.8, 4) is 5.75 Å². The molecule has 4 rings (SSSR count). The molecule has 1 saturated heterocycles. The van der Waals surface area contributed by atoms with E-state index in [-0.39, 0.29) is 5.91 Å². The molecule has 0 aliphatic carbocycles. The minimum Gasteiger partial charge on any atom is -0.488 e. The topological polar surface area (TPSA) is 29.5 Å². The van der Waals surface area contributed by atoms with E-state index in [1.807, 2.05) is 72.8 Å². The number of para-hydroxylation sites is 1. The van der Waals surface area contributed by atoms with Crippen molar-refractivity contribution in [2.45, 2.75) is 20.1 Å². The number of hydrogen-bond donors (Lipinski definition) is 0. The summed E-state index contributed by atoms with van der Waals surface area (Å²) in [6.45, 7) is 3.02. The summed E-state index contributed by atoms with van der Waals surface area (Å²) in [7, 11) is 0. The Morgan fingerprint density at radius 2 is 1.70 bits per heavy atom. The highest BCUT2D eigenvalue weighted by atomic mass is 32.2. The van der Waals surface area contributed by atoms with E-state index in [0.29, 0.717) is 22.4 Å². The zero-order chi connectivity index (χ0) is 20.9. The molecule has 1 heterocycles. The van der Waals surface area contributed by atoms with Crippen LogP contribution in [0, 0.1) is 6.92 Å². The predicted molar refractivity (Wildman–Crippen MR) is 127 cm³/mol. The fourth-order valence-electron chi connectivity index (χ4n) is 3.24. The Morgan fingerprint density at radius 3 is 2.50 bits per heavy atom. The number of ether oxygens (including phenoxy) is 1. The molecular weight excluding hydrogens is 410 g/mol. The van der Waals surface area contributed by atoms with Gasteiger partial charge in [-0.25, -0.2) is 0 Å². The van der Waals surface area contributed by atoms with E-state index < -0.39 is 0 Å². The third kappa shape index (κ3) is 4.81. The van der Waals surface area contributed by atoms with E-state index in [1.54, 1.807) is 4.90 Å². The molecule has 0 spiro atoms. The van der Waals surface area contributed by atoms with Gasteiger partial charge in [0.05, 0.1) is 11.4 Å². The second-order valence-corrected chi connectivity index (χ2v) is 8.74. The van der Waals surface area contributed by atoms with Crippen molar-refractivity contribution in [2.75, 3.05) is 0 Å². The predicted octanol–water partition coefficient (Wildman–Crippen LogP) is 5.98. The fourth-order valence-corrected chi connectivity index (χ4v) is 4.48. The van der Waals surface area contributed by atoms with E-state index in [9.17, 15) is 4.79 Å². The van der Waals surface area contributed by atoms with Crippen molar-refractivity contribution in [3.05, 3.63) is 106 Å². The van der Waals surface area contributed by atoms with Crippen LogP contribution in [0.3, 0.4) is 0 Å². The number of aryl methyl sites for hydroxylation is 1. The monoisotopic (exact) mass is 431 g/mol. The highest BCUT2D eigenvalue weighted by Crippen LogP contribution is 2.35. The van der Waals surface area contributed by atoms with E-state index >= 15 is 0 Å². The minimum absolute atomic E-state index is 0.0673. The molecule has 5 heteroatoms. The van der Waals surface area contributed by atoms with Gasteiger partial charge in [0.2, 0.25) is 0 Å². The Kier molecular flexibility index (Phi) is 6.31. The van der Waals surface area contributed by atoms with Crippen LogP contribution in [0.1, 0.15) is 22.3 Å². The van der Waals surface area contributed by atoms with Gasteiger partial charge in [0, 0.05) is 5.56 Å². The second-order valence-electron chi connectivity index (χ2n) is 7.07. The van der Waals surface area contributed by atoms with Crippen LogP contribution in [0.25, 0.3) is 6.08 Å². The van der Waals surface area contributed by atoms with Gasteiger partial charge in [-0.15, -0.1) is 0 Å². The number of thiocarbonyl (C=S) groups is 1. The van der Waals surface area contributed by atoms with E-state index in [1.165, 1.54) is 17.3 Å². The van der Waals surface area contributed by atoms with E-state index in [0.717, 1.165) is 22.4 Å². The summed E-state index contributed by atoms with van der Waals surface area (Å²) in [4.78, 5) is 15.2. The summed E-state index contributed by atoms with van der Waals surface area (Å²) in [6, 6.07) is 25.9. The molecule has 0 N–H and O–H groups in total. The van der Waals surface area contributed by atoms with Crippen LogP contribution in [0.5, 0.6) is 5.75 Å². The van der Waals surface area contributed by atoms with E-state index in [4.69, 9.17) is 17.0 Å². The van der Waals surface area contributed by atoms with Gasteiger partial charge in [0.25, 0.3) is 5.91 Å². The molecule has 0 saturated carbocycles. The van der Waals surface area contributed by atoms with Crippen LogP contribution in [-0.4, -0.2) is 15.1 Å². The lowest BCUT2D eigenvalue weighted by atomic mass is 10.1. The van der Waals surface area contributed by atoms with Gasteiger partial charge in [-0.05, 0) is 30.2 Å². The number of hydrogen-bond acceptors (Lipinski definition) is 4. The molecule has 0 bridgehead atoms. The molecular formula is C25H21NO2S2. The van der Waals surface area contributed by atoms with Crippen molar-refractivity contribution in [1.82, 2.24) is 4.90 Å². The molecule has 0 radical (unpaired) electrons. The van der Waals surface area contributed by atoms with Crippen molar-refractivity contribution in [2.24, 2.45) is 0 Å². The number of nitrogens with zero attached hydrogens (tertiary/aromatic N) is 1. The van der Waals surface area contributed by atoms with Crippen LogP contribution in [0.2, 0.25) is 0 Å². The second kappa shape index (κ2) is 9.28. The van der Waals surface area contributed by atoms with Crippen LogP contribution >= 0.6 is 24.0 Å². The molecule has 30 heavy (non-hydrogen) atoms. The quantitative estimate of drug-likeness (QED) is 0.355. The van der Waals surface area contributed by atoms with Gasteiger partial charge < -0.3 is 4.74 Å². The molecule has 3 nitrogen and oxygen atoms in total. The van der Waals surface area contributed by atoms with Gasteiger partial charge in [0.15, 0.2) is 0 Å². The van der Waals surface area contributed by atoms with Gasteiger partial charge in [-0.2, -0.15) is 0 Å². The number of carbonyl (C=O) groups is 1. The van der Waals surface area contributed by atoms with Crippen molar-refractivity contribution >= 4 is 40.3 Å². The summed E-state index contributed by atoms with van der Waals surface area (Å²) in [5.74, 6) is 0.676. The van der Waals surface area contributed by atoms with Gasteiger partial charge in [-0.1, -0.05) is 102 Å². The third-order valence-corrected chi connectivity index (χ3v) is 6.12. The zero-order valence-electron chi connectivity index (χ0n) is 16.6. The lowest BCUT2D eigenvalue weighted by Gasteiger charge is -2.14. The zero-order valence-corrected chi connectivity index (χ0v) is 18.2. The normalized spacial score (nSPS) is 15.1. The Hall–Kier alpha value is -2.89. The van der Waals surface area contributed by atoms with Gasteiger partial charge in [-0.3, -0.25) is 9.69 Å². The van der Waals surface area contributed by atoms with Crippen molar-refractivity contribution < 1.29 is 9.53 Å². The maximum Gasteiger partial charge on any atom is 0.266 e. The first-order chi connectivity index (χ1) is 14.6. The molecule has 1 amide bonds. The molecule has 3 aromatic rings. The molecule has 1 fully saturated rings. The molecule has 0 aromatic heterocycles. The first kappa shape index (κ1) is 20.4. The lowest BCUT2D eigenvalue weighted by molar-refractivity contribution is -0.122. The SMILES string of the molecule is Cc1cccc(COc2ccccc2/C=C2\SC(=S)N(Cc3ccccc3)C2=O)c1. The average Bonchev–Trinajstić information content (AvgIpc) is 3.01. The van der Waals surface area contributed by atoms with Crippen LogP contribution in [-0.2, 0) is 17.9 Å². The summed E-state index contributed by atoms with van der Waals surface area (Å²) >= 11 is 6.80. The Balaban J connectivity index is 1.52. The van der Waals surface area contributed by atoms with Crippen LogP contribution < -0.4 is 4.74 Å². The molecule has 0 atom stereocenters. The average molecular weight is 432 g/mol. The Labute approximate surface area is 186 Å². The highest BCUT2D eigenvalue weighted by Gasteiger charge is 2.32. The van der Waals surface area contributed by atoms with Crippen molar-refractivity contribution in [1.29, 1.82) is 0 Å². The lowest BCUT2D eigenvalue weighted by Crippen LogP contribution is -2.27. The van der Waals surface area contributed by atoms with Crippen LogP contribution in [0.4, 0.5) is 0 Å². The minimum atomic E-state index is -0.0673. The molecule has 1 aliphatic rings.